The van der Waals surface area contributed by atoms with Crippen LogP contribution in [0.25, 0.3) is 0 Å². The lowest BCUT2D eigenvalue weighted by Gasteiger charge is -2.36. The van der Waals surface area contributed by atoms with Crippen LogP contribution in [0.15, 0.2) is 29.2 Å². The molecule has 1 aromatic rings. The van der Waals surface area contributed by atoms with E-state index in [1.807, 2.05) is 17.0 Å². The zero-order valence-corrected chi connectivity index (χ0v) is 11.7. The first-order valence-corrected chi connectivity index (χ1v) is 7.93. The predicted octanol–water partition coefficient (Wildman–Crippen LogP) is 2.25. The summed E-state index contributed by atoms with van der Waals surface area (Å²) < 4.78 is 0. The van der Waals surface area contributed by atoms with Gasteiger partial charge in [-0.05, 0) is 30.9 Å². The SMILES string of the molecule is O=C(C1CSc2ccccc21)N1CCCCC1CO. The van der Waals surface area contributed by atoms with Crippen molar-refractivity contribution in [1.82, 2.24) is 4.90 Å². The molecule has 1 amide bonds. The van der Waals surface area contributed by atoms with E-state index in [1.54, 1.807) is 11.8 Å². The lowest BCUT2D eigenvalue weighted by molar-refractivity contribution is -0.137. The van der Waals surface area contributed by atoms with E-state index in [4.69, 9.17) is 0 Å². The quantitative estimate of drug-likeness (QED) is 0.901. The van der Waals surface area contributed by atoms with Crippen molar-refractivity contribution in [2.45, 2.75) is 36.1 Å². The van der Waals surface area contributed by atoms with Gasteiger partial charge in [0.15, 0.2) is 0 Å². The number of nitrogens with zero attached hydrogens (tertiary/aromatic N) is 1. The van der Waals surface area contributed by atoms with Crippen molar-refractivity contribution >= 4 is 17.7 Å². The molecule has 2 aliphatic heterocycles. The van der Waals surface area contributed by atoms with Crippen molar-refractivity contribution < 1.29 is 9.90 Å². The topological polar surface area (TPSA) is 40.5 Å². The molecule has 0 saturated carbocycles. The number of rotatable bonds is 2. The van der Waals surface area contributed by atoms with Gasteiger partial charge in [0.05, 0.1) is 18.6 Å². The van der Waals surface area contributed by atoms with E-state index >= 15 is 0 Å². The second-order valence-corrected chi connectivity index (χ2v) is 6.33. The molecule has 0 spiro atoms. The lowest BCUT2D eigenvalue weighted by Crippen LogP contribution is -2.47. The minimum absolute atomic E-state index is 0.0200. The van der Waals surface area contributed by atoms with Crippen molar-refractivity contribution in [1.29, 1.82) is 0 Å². The molecule has 3 nitrogen and oxygen atoms in total. The zero-order chi connectivity index (χ0) is 13.2. The van der Waals surface area contributed by atoms with Gasteiger partial charge in [-0.25, -0.2) is 0 Å². The van der Waals surface area contributed by atoms with Crippen LogP contribution in [0, 0.1) is 0 Å². The molecule has 1 N–H and O–H groups in total. The van der Waals surface area contributed by atoms with Gasteiger partial charge in [-0.2, -0.15) is 0 Å². The van der Waals surface area contributed by atoms with Gasteiger partial charge in [0.25, 0.3) is 0 Å². The number of aliphatic hydroxyl groups is 1. The summed E-state index contributed by atoms with van der Waals surface area (Å²) in [6, 6.07) is 8.21. The number of benzene rings is 1. The second-order valence-electron chi connectivity index (χ2n) is 5.27. The fraction of sp³-hybridized carbons (Fsp3) is 0.533. The average Bonchev–Trinajstić information content (AvgIpc) is 2.90. The Kier molecular flexibility index (Phi) is 3.80. The number of carbonyl (C=O) groups is 1. The summed E-state index contributed by atoms with van der Waals surface area (Å²) in [5.41, 5.74) is 1.17. The largest absolute Gasteiger partial charge is 0.394 e. The molecule has 1 fully saturated rings. The second kappa shape index (κ2) is 5.55. The highest BCUT2D eigenvalue weighted by molar-refractivity contribution is 7.99. The van der Waals surface area contributed by atoms with Gasteiger partial charge in [-0.15, -0.1) is 11.8 Å². The van der Waals surface area contributed by atoms with E-state index < -0.39 is 0 Å². The number of carbonyl (C=O) groups excluding carboxylic acids is 1. The number of hydrogen-bond acceptors (Lipinski definition) is 3. The summed E-state index contributed by atoms with van der Waals surface area (Å²) >= 11 is 1.77. The van der Waals surface area contributed by atoms with Crippen LogP contribution in [-0.2, 0) is 4.79 Å². The fourth-order valence-electron chi connectivity index (χ4n) is 3.05. The van der Waals surface area contributed by atoms with Crippen LogP contribution >= 0.6 is 11.8 Å². The van der Waals surface area contributed by atoms with Gasteiger partial charge in [0, 0.05) is 17.2 Å². The zero-order valence-electron chi connectivity index (χ0n) is 10.9. The molecule has 0 aliphatic carbocycles. The number of piperidine rings is 1. The predicted molar refractivity (Wildman–Crippen MR) is 76.3 cm³/mol. The maximum Gasteiger partial charge on any atom is 0.231 e. The van der Waals surface area contributed by atoms with Crippen molar-refractivity contribution in [3.8, 4) is 0 Å². The van der Waals surface area contributed by atoms with Gasteiger partial charge in [0.2, 0.25) is 5.91 Å². The molecule has 4 heteroatoms. The van der Waals surface area contributed by atoms with Gasteiger partial charge in [0.1, 0.15) is 0 Å². The number of hydrogen-bond donors (Lipinski definition) is 1. The number of fused-ring (bicyclic) bond motifs is 1. The molecule has 3 rings (SSSR count). The van der Waals surface area contributed by atoms with Crippen molar-refractivity contribution in [2.24, 2.45) is 0 Å². The summed E-state index contributed by atoms with van der Waals surface area (Å²) in [6.07, 6.45) is 3.11. The highest BCUT2D eigenvalue weighted by Gasteiger charge is 2.35. The third-order valence-electron chi connectivity index (χ3n) is 4.12. The van der Waals surface area contributed by atoms with Crippen molar-refractivity contribution in [2.75, 3.05) is 18.9 Å². The maximum atomic E-state index is 12.7. The summed E-state index contributed by atoms with van der Waals surface area (Å²) in [7, 11) is 0. The molecule has 2 atom stereocenters. The molecule has 102 valence electrons. The Balaban J connectivity index is 1.81. The van der Waals surface area contributed by atoms with E-state index in [0.717, 1.165) is 31.6 Å². The van der Waals surface area contributed by atoms with Crippen molar-refractivity contribution in [3.63, 3.8) is 0 Å². The van der Waals surface area contributed by atoms with Crippen LogP contribution in [0.2, 0.25) is 0 Å². The van der Waals surface area contributed by atoms with E-state index in [0.29, 0.717) is 0 Å². The Morgan fingerprint density at radius 1 is 1.37 bits per heavy atom. The molecule has 2 aliphatic rings. The standard InChI is InChI=1S/C15H19NO2S/c17-9-11-5-3-4-8-16(11)15(18)13-10-19-14-7-2-1-6-12(13)14/h1-2,6-7,11,13,17H,3-5,8-10H2. The number of amides is 1. The Morgan fingerprint density at radius 2 is 2.21 bits per heavy atom. The first-order valence-electron chi connectivity index (χ1n) is 6.94. The van der Waals surface area contributed by atoms with Crippen LogP contribution in [0.5, 0.6) is 0 Å². The van der Waals surface area contributed by atoms with Crippen molar-refractivity contribution in [3.05, 3.63) is 29.8 Å². The van der Waals surface area contributed by atoms with Crippen LogP contribution < -0.4 is 0 Å². The molecule has 1 saturated heterocycles. The van der Waals surface area contributed by atoms with E-state index in [-0.39, 0.29) is 24.5 Å². The number of aliphatic hydroxyl groups excluding tert-OH is 1. The Labute approximate surface area is 118 Å². The molecule has 0 radical (unpaired) electrons. The minimum Gasteiger partial charge on any atom is -0.394 e. The third-order valence-corrected chi connectivity index (χ3v) is 5.30. The first kappa shape index (κ1) is 13.0. The summed E-state index contributed by atoms with van der Waals surface area (Å²) in [4.78, 5) is 15.9. The normalized spacial score (nSPS) is 26.3. The molecule has 0 bridgehead atoms. The first-order chi connectivity index (χ1) is 9.31. The van der Waals surface area contributed by atoms with Crippen LogP contribution in [0.4, 0.5) is 0 Å². The summed E-state index contributed by atoms with van der Waals surface area (Å²) in [5, 5.41) is 9.45. The van der Waals surface area contributed by atoms with Gasteiger partial charge >= 0.3 is 0 Å². The maximum absolute atomic E-state index is 12.7. The van der Waals surface area contributed by atoms with Crippen LogP contribution in [0.3, 0.4) is 0 Å². The number of likely N-dealkylation sites (tertiary alicyclic amines) is 1. The average molecular weight is 277 g/mol. The summed E-state index contributed by atoms with van der Waals surface area (Å²) in [6.45, 7) is 0.890. The Morgan fingerprint density at radius 3 is 3.05 bits per heavy atom. The third kappa shape index (κ3) is 2.39. The van der Waals surface area contributed by atoms with E-state index in [2.05, 4.69) is 12.1 Å². The van der Waals surface area contributed by atoms with Gasteiger partial charge < -0.3 is 10.0 Å². The molecule has 2 unspecified atom stereocenters. The molecule has 0 aromatic heterocycles. The molecule has 19 heavy (non-hydrogen) atoms. The highest BCUT2D eigenvalue weighted by atomic mass is 32.2. The Bertz CT molecular complexity index is 477. The molecule has 1 aromatic carbocycles. The van der Waals surface area contributed by atoms with E-state index in [1.165, 1.54) is 10.5 Å². The van der Waals surface area contributed by atoms with Gasteiger partial charge in [-0.1, -0.05) is 18.2 Å². The van der Waals surface area contributed by atoms with Crippen LogP contribution in [-0.4, -0.2) is 40.9 Å². The monoisotopic (exact) mass is 277 g/mol. The Hall–Kier alpha value is -1.00. The van der Waals surface area contributed by atoms with Crippen LogP contribution in [0.1, 0.15) is 30.7 Å². The highest BCUT2D eigenvalue weighted by Crippen LogP contribution is 2.40. The molecule has 2 heterocycles. The van der Waals surface area contributed by atoms with Gasteiger partial charge in [-0.3, -0.25) is 4.79 Å². The molecular formula is C15H19NO2S. The lowest BCUT2D eigenvalue weighted by atomic mass is 9.96. The smallest absolute Gasteiger partial charge is 0.231 e. The number of thioether (sulfide) groups is 1. The van der Waals surface area contributed by atoms with E-state index in [9.17, 15) is 9.90 Å². The minimum atomic E-state index is -0.0200. The summed E-state index contributed by atoms with van der Waals surface area (Å²) in [5.74, 6) is 1.02. The fourth-order valence-corrected chi connectivity index (χ4v) is 4.27. The molecular weight excluding hydrogens is 258 g/mol.